The van der Waals surface area contributed by atoms with Crippen molar-refractivity contribution in [2.75, 3.05) is 14.2 Å². The third-order valence-corrected chi connectivity index (χ3v) is 21.1. The van der Waals surface area contributed by atoms with Crippen molar-refractivity contribution in [3.63, 3.8) is 0 Å². The van der Waals surface area contributed by atoms with Crippen LogP contribution >= 0.6 is 23.2 Å². The number of hydrogen-bond donors (Lipinski definition) is 8. The van der Waals surface area contributed by atoms with Gasteiger partial charge in [0, 0.05) is 12.1 Å². The third-order valence-electron chi connectivity index (χ3n) is 12.9. The number of aryl methyl sites for hydroxylation is 4. The fourth-order valence-electron chi connectivity index (χ4n) is 7.74. The zero-order valence-electron chi connectivity index (χ0n) is 45.6. The van der Waals surface area contributed by atoms with E-state index >= 15 is 0 Å². The molecular formula is C58H58Cl2O18S4. The van der Waals surface area contributed by atoms with Gasteiger partial charge in [0.15, 0.2) is 23.0 Å². The Bertz CT molecular complexity index is 3970. The number of halogens is 2. The fourth-order valence-corrected chi connectivity index (χ4v) is 14.5. The highest BCUT2D eigenvalue weighted by Crippen LogP contribution is 2.38. The molecule has 8 N–H and O–H groups in total. The maximum absolute atomic E-state index is 12.8. The van der Waals surface area contributed by atoms with E-state index in [2.05, 4.69) is 0 Å². The highest BCUT2D eigenvalue weighted by molar-refractivity contribution is 7.92. The van der Waals surface area contributed by atoms with E-state index in [1.165, 1.54) is 123 Å². The van der Waals surface area contributed by atoms with E-state index in [0.29, 0.717) is 44.5 Å². The SMILES string of the molecule is COc1cc(S(=O)(=O)c2ccc(O)c(OC)c2)ccc1O.Cc1c(O)ccc(S(=O)(=O)c2ccc(O)c(C)c2C)c1C.Cc1cc(S(=O)(=O)c2cc(C)c(O)cc2C)c(C)cc1O.O=S(=O)(c1ccc(O)c(Cl)c1)c1ccc(O)c(Cl)c1. The second-order valence-electron chi connectivity index (χ2n) is 18.4. The molecule has 82 heavy (non-hydrogen) atoms. The Morgan fingerprint density at radius 1 is 0.293 bits per heavy atom. The molecule has 436 valence electrons. The lowest BCUT2D eigenvalue weighted by Gasteiger charge is -2.14. The maximum atomic E-state index is 12.8. The Morgan fingerprint density at radius 2 is 0.573 bits per heavy atom. The van der Waals surface area contributed by atoms with Gasteiger partial charge in [-0.1, -0.05) is 23.2 Å². The lowest BCUT2D eigenvalue weighted by molar-refractivity contribution is 0.371. The summed E-state index contributed by atoms with van der Waals surface area (Å²) in [6.45, 7) is 13.3. The third kappa shape index (κ3) is 13.9. The van der Waals surface area contributed by atoms with Gasteiger partial charge in [-0.25, -0.2) is 33.7 Å². The van der Waals surface area contributed by atoms with E-state index in [9.17, 15) is 74.5 Å². The van der Waals surface area contributed by atoms with E-state index in [1.54, 1.807) is 55.4 Å². The predicted molar refractivity (Wildman–Crippen MR) is 308 cm³/mol. The van der Waals surface area contributed by atoms with Gasteiger partial charge in [-0.3, -0.25) is 0 Å². The molecule has 18 nitrogen and oxygen atoms in total. The molecule has 0 radical (unpaired) electrons. The molecule has 0 atom stereocenters. The van der Waals surface area contributed by atoms with Crippen molar-refractivity contribution in [2.24, 2.45) is 0 Å². The van der Waals surface area contributed by atoms with Gasteiger partial charge in [-0.2, -0.15) is 0 Å². The number of rotatable bonds is 10. The van der Waals surface area contributed by atoms with Crippen LogP contribution in [-0.4, -0.2) is 88.7 Å². The molecular weight excluding hydrogens is 1180 g/mol. The number of methoxy groups -OCH3 is 2. The number of hydrogen-bond acceptors (Lipinski definition) is 18. The van der Waals surface area contributed by atoms with Gasteiger partial charge in [-0.05, 0) is 209 Å². The average molecular weight is 1240 g/mol. The van der Waals surface area contributed by atoms with Crippen LogP contribution in [0.2, 0.25) is 10.0 Å². The minimum Gasteiger partial charge on any atom is -0.508 e. The molecule has 8 aromatic rings. The molecule has 0 heterocycles. The van der Waals surface area contributed by atoms with Crippen molar-refractivity contribution in [3.05, 3.63) is 176 Å². The summed E-state index contributed by atoms with van der Waals surface area (Å²) < 4.78 is 111. The van der Waals surface area contributed by atoms with E-state index in [1.807, 2.05) is 0 Å². The first-order valence-corrected chi connectivity index (χ1v) is 30.6. The molecule has 0 bridgehead atoms. The van der Waals surface area contributed by atoms with Crippen LogP contribution in [-0.2, 0) is 39.3 Å². The molecule has 0 saturated carbocycles. The molecule has 0 aromatic heterocycles. The van der Waals surface area contributed by atoms with Gasteiger partial charge in [0.2, 0.25) is 39.3 Å². The van der Waals surface area contributed by atoms with Crippen molar-refractivity contribution in [3.8, 4) is 57.5 Å². The van der Waals surface area contributed by atoms with Crippen LogP contribution in [0.15, 0.2) is 160 Å². The summed E-state index contributed by atoms with van der Waals surface area (Å²) in [5.74, 6) is -0.304. The normalized spacial score (nSPS) is 11.5. The number of phenolic OH excluding ortho intramolecular Hbond substituents is 8. The second kappa shape index (κ2) is 25.5. The standard InChI is InChI=1S/2C16H18O4S.C14H14O6S.C12H8Cl2O4S/c1-9-7-15(11(3)5-13(9)17)21(19,20)16-8-10(2)14(18)6-12(16)4;1-9-11(3)15(7-5-13(9)17)21(19,20)16-8-6-14(18)10(2)12(16)4;1-19-13-7-9(3-5-11(13)15)21(17,18)10-4-6-12(16)14(8-10)20-2;13-9-5-7(1-3-11(9)15)19(17,18)8-2-4-12(16)10(14)6-8/h2*5-8,17-18H,1-4H3;3-8,15-16H,1-2H3;1-6,15-16H. The van der Waals surface area contributed by atoms with Crippen LogP contribution in [0.25, 0.3) is 0 Å². The van der Waals surface area contributed by atoms with E-state index in [0.717, 1.165) is 12.1 Å². The highest BCUT2D eigenvalue weighted by atomic mass is 35.5. The van der Waals surface area contributed by atoms with Crippen molar-refractivity contribution >= 4 is 62.6 Å². The van der Waals surface area contributed by atoms with Crippen molar-refractivity contribution in [1.82, 2.24) is 0 Å². The number of aromatic hydroxyl groups is 8. The van der Waals surface area contributed by atoms with Crippen LogP contribution in [0.3, 0.4) is 0 Å². The Morgan fingerprint density at radius 3 is 0.878 bits per heavy atom. The van der Waals surface area contributed by atoms with Gasteiger partial charge in [-0.15, -0.1) is 0 Å². The monoisotopic (exact) mass is 1240 g/mol. The summed E-state index contributed by atoms with van der Waals surface area (Å²) in [6, 6.07) is 26.1. The number of phenols is 8. The number of ether oxygens (including phenoxy) is 2. The zero-order valence-corrected chi connectivity index (χ0v) is 50.4. The zero-order chi connectivity index (χ0) is 61.7. The van der Waals surface area contributed by atoms with Crippen LogP contribution in [0.1, 0.15) is 44.5 Å². The molecule has 0 aliphatic rings. The number of sulfone groups is 4. The molecule has 24 heteroatoms. The quantitative estimate of drug-likeness (QED) is 0.0631. The highest BCUT2D eigenvalue weighted by Gasteiger charge is 2.27. The second-order valence-corrected chi connectivity index (χ2v) is 26.9. The summed E-state index contributed by atoms with van der Waals surface area (Å²) in [5, 5.41) is 76.1. The van der Waals surface area contributed by atoms with E-state index in [-0.39, 0.29) is 107 Å². The average Bonchev–Trinajstić information content (AvgIpc) is 3.59. The first-order chi connectivity index (χ1) is 38.0. The smallest absolute Gasteiger partial charge is 0.207 e. The largest absolute Gasteiger partial charge is 0.508 e. The fraction of sp³-hybridized carbons (Fsp3) is 0.172. The van der Waals surface area contributed by atoms with Crippen molar-refractivity contribution < 1.29 is 84.0 Å². The first-order valence-electron chi connectivity index (χ1n) is 23.9. The van der Waals surface area contributed by atoms with Crippen LogP contribution in [0.5, 0.6) is 57.5 Å². The van der Waals surface area contributed by atoms with Gasteiger partial charge in [0.25, 0.3) is 0 Å². The van der Waals surface area contributed by atoms with Gasteiger partial charge < -0.3 is 50.3 Å². The van der Waals surface area contributed by atoms with Crippen molar-refractivity contribution in [1.29, 1.82) is 0 Å². The Kier molecular flexibility index (Phi) is 20.2. The summed E-state index contributed by atoms with van der Waals surface area (Å²) >= 11 is 11.4. The molecule has 0 aliphatic carbocycles. The van der Waals surface area contributed by atoms with Gasteiger partial charge in [0.05, 0.1) is 63.4 Å². The molecule has 0 aliphatic heterocycles. The molecule has 0 saturated heterocycles. The topological polar surface area (TPSA) is 317 Å². The van der Waals surface area contributed by atoms with Crippen LogP contribution < -0.4 is 9.47 Å². The van der Waals surface area contributed by atoms with Crippen LogP contribution in [0, 0.1) is 55.4 Å². The summed E-state index contributed by atoms with van der Waals surface area (Å²) in [6.07, 6.45) is 0. The van der Waals surface area contributed by atoms with E-state index < -0.39 is 39.3 Å². The van der Waals surface area contributed by atoms with E-state index in [4.69, 9.17) is 32.7 Å². The minimum atomic E-state index is -3.82. The summed E-state index contributed by atoms with van der Waals surface area (Å²) in [4.78, 5) is 0.470. The molecule has 0 unspecified atom stereocenters. The Hall–Kier alpha value is -7.86. The molecule has 8 aromatic carbocycles. The Balaban J connectivity index is 0.000000201. The summed E-state index contributed by atoms with van der Waals surface area (Å²) in [5.41, 5.74) is 4.14. The van der Waals surface area contributed by atoms with Crippen molar-refractivity contribution in [2.45, 2.75) is 94.6 Å². The van der Waals surface area contributed by atoms with Crippen LogP contribution in [0.4, 0.5) is 0 Å². The van der Waals surface area contributed by atoms with Gasteiger partial charge >= 0.3 is 0 Å². The molecule has 8 rings (SSSR count). The van der Waals surface area contributed by atoms with Gasteiger partial charge in [0.1, 0.15) is 34.5 Å². The number of benzene rings is 8. The lowest BCUT2D eigenvalue weighted by Crippen LogP contribution is -2.07. The maximum Gasteiger partial charge on any atom is 0.207 e. The Labute approximate surface area is 485 Å². The molecule has 0 amide bonds. The predicted octanol–water partition coefficient (Wildman–Crippen LogP) is 11.5. The minimum absolute atomic E-state index is 0.0371. The molecule has 0 spiro atoms. The summed E-state index contributed by atoms with van der Waals surface area (Å²) in [7, 11) is -12.4. The lowest BCUT2D eigenvalue weighted by atomic mass is 10.1. The first kappa shape index (κ1) is 65.0. The molecule has 0 fully saturated rings.